The first kappa shape index (κ1) is 15.4. The third-order valence-electron chi connectivity index (χ3n) is 7.38. The molecule has 0 radical (unpaired) electrons. The Bertz CT molecular complexity index is 369. The molecule has 0 aromatic rings. The van der Waals surface area contributed by atoms with Gasteiger partial charge in [0.25, 0.3) is 0 Å². The van der Waals surface area contributed by atoms with Gasteiger partial charge >= 0.3 is 0 Å². The molecule has 1 unspecified atom stereocenters. The van der Waals surface area contributed by atoms with E-state index in [-0.39, 0.29) is 0 Å². The Morgan fingerprint density at radius 3 is 2.50 bits per heavy atom. The summed E-state index contributed by atoms with van der Waals surface area (Å²) in [5, 5.41) is 0. The fourth-order valence-corrected chi connectivity index (χ4v) is 6.26. The molecule has 0 aliphatic carbocycles. The summed E-state index contributed by atoms with van der Waals surface area (Å²) in [6.07, 6.45) is 14.9. The zero-order chi connectivity index (χ0) is 14.9. The van der Waals surface area contributed by atoms with E-state index in [1.807, 2.05) is 0 Å². The van der Waals surface area contributed by atoms with E-state index in [2.05, 4.69) is 16.7 Å². The lowest BCUT2D eigenvalue weighted by Crippen LogP contribution is -2.63. The van der Waals surface area contributed by atoms with Crippen molar-refractivity contribution in [2.24, 2.45) is 17.8 Å². The fourth-order valence-electron chi connectivity index (χ4n) is 6.26. The van der Waals surface area contributed by atoms with Gasteiger partial charge in [-0.3, -0.25) is 9.80 Å². The molecule has 2 nitrogen and oxygen atoms in total. The molecule has 4 heterocycles. The highest BCUT2D eigenvalue weighted by Gasteiger charge is 2.47. The molecule has 22 heavy (non-hydrogen) atoms. The van der Waals surface area contributed by atoms with Gasteiger partial charge in [0.1, 0.15) is 0 Å². The second-order valence-corrected chi connectivity index (χ2v) is 8.76. The van der Waals surface area contributed by atoms with Crippen molar-refractivity contribution in [2.75, 3.05) is 26.2 Å². The minimum Gasteiger partial charge on any atom is -0.300 e. The van der Waals surface area contributed by atoms with Crippen molar-refractivity contribution >= 4 is 0 Å². The Labute approximate surface area is 137 Å². The van der Waals surface area contributed by atoms with E-state index >= 15 is 0 Å². The number of nitrogens with zero attached hydrogens (tertiary/aromatic N) is 2. The molecule has 4 aliphatic heterocycles. The molecule has 5 atom stereocenters. The maximum Gasteiger partial charge on any atom is 0.0139 e. The maximum atomic E-state index is 2.93. The van der Waals surface area contributed by atoms with Crippen LogP contribution in [0.3, 0.4) is 0 Å². The zero-order valence-corrected chi connectivity index (χ0v) is 14.7. The molecule has 0 saturated carbocycles. The summed E-state index contributed by atoms with van der Waals surface area (Å²) in [6.45, 7) is 8.03. The summed E-state index contributed by atoms with van der Waals surface area (Å²) >= 11 is 0. The number of fused-ring (bicyclic) bond motifs is 6. The van der Waals surface area contributed by atoms with Crippen LogP contribution < -0.4 is 0 Å². The maximum absolute atomic E-state index is 2.93. The summed E-state index contributed by atoms with van der Waals surface area (Å²) in [5.74, 6) is 3.05. The first-order chi connectivity index (χ1) is 10.8. The van der Waals surface area contributed by atoms with Gasteiger partial charge < -0.3 is 0 Å². The Morgan fingerprint density at radius 1 is 0.818 bits per heavy atom. The molecule has 0 spiro atoms. The number of hydrogen-bond donors (Lipinski definition) is 0. The van der Waals surface area contributed by atoms with Gasteiger partial charge in [0.2, 0.25) is 0 Å². The second-order valence-electron chi connectivity index (χ2n) is 8.76. The topological polar surface area (TPSA) is 6.48 Å². The van der Waals surface area contributed by atoms with E-state index < -0.39 is 0 Å². The van der Waals surface area contributed by atoms with Crippen LogP contribution in [0.15, 0.2) is 0 Å². The fraction of sp³-hybridized carbons (Fsp3) is 1.00. The molecule has 2 bridgehead atoms. The van der Waals surface area contributed by atoms with Crippen LogP contribution in [0.1, 0.15) is 71.1 Å². The number of hydrogen-bond acceptors (Lipinski definition) is 2. The molecule has 2 heteroatoms. The van der Waals surface area contributed by atoms with Crippen molar-refractivity contribution in [1.29, 1.82) is 0 Å². The quantitative estimate of drug-likeness (QED) is 0.720. The summed E-state index contributed by atoms with van der Waals surface area (Å²) < 4.78 is 0. The van der Waals surface area contributed by atoms with Gasteiger partial charge in [-0.2, -0.15) is 0 Å². The summed E-state index contributed by atoms with van der Waals surface area (Å²) in [7, 11) is 0. The van der Waals surface area contributed by atoms with Gasteiger partial charge in [0.15, 0.2) is 0 Å². The Kier molecular flexibility index (Phi) is 4.78. The first-order valence-corrected chi connectivity index (χ1v) is 10.3. The molecule has 0 N–H and O–H groups in total. The summed E-state index contributed by atoms with van der Waals surface area (Å²) in [6, 6.07) is 1.90. The standard InChI is InChI=1S/C20H36N2/c1-2-3-4-7-16-9-11-22-14-17-13-18(20(22)12-16)15-21-10-6-5-8-19(17)21/h16-20H,2-15H2,1H3/t16?,17-,18-,19+,20-/m0/s1. The highest BCUT2D eigenvalue weighted by Crippen LogP contribution is 2.44. The van der Waals surface area contributed by atoms with Crippen molar-refractivity contribution in [1.82, 2.24) is 9.80 Å². The van der Waals surface area contributed by atoms with Crippen molar-refractivity contribution in [2.45, 2.75) is 83.2 Å². The highest BCUT2D eigenvalue weighted by atomic mass is 15.3. The van der Waals surface area contributed by atoms with Crippen molar-refractivity contribution in [3.05, 3.63) is 0 Å². The molecule has 0 amide bonds. The van der Waals surface area contributed by atoms with Gasteiger partial charge in [-0.25, -0.2) is 0 Å². The third kappa shape index (κ3) is 2.98. The average Bonchev–Trinajstić information content (AvgIpc) is 2.56. The molecule has 0 aromatic carbocycles. The molecule has 4 saturated heterocycles. The smallest absolute Gasteiger partial charge is 0.0139 e. The minimum atomic E-state index is 0.944. The van der Waals surface area contributed by atoms with Gasteiger partial charge in [0, 0.05) is 25.2 Å². The van der Waals surface area contributed by atoms with Crippen LogP contribution >= 0.6 is 0 Å². The molecule has 4 aliphatic rings. The third-order valence-corrected chi connectivity index (χ3v) is 7.38. The zero-order valence-electron chi connectivity index (χ0n) is 14.7. The van der Waals surface area contributed by atoms with Crippen molar-refractivity contribution < 1.29 is 0 Å². The lowest BCUT2D eigenvalue weighted by molar-refractivity contribution is -0.0801. The van der Waals surface area contributed by atoms with Crippen molar-refractivity contribution in [3.63, 3.8) is 0 Å². The van der Waals surface area contributed by atoms with E-state index in [9.17, 15) is 0 Å². The molecule has 4 rings (SSSR count). The molecule has 0 aromatic heterocycles. The lowest BCUT2D eigenvalue weighted by Gasteiger charge is -2.58. The van der Waals surface area contributed by atoms with Crippen LogP contribution in [0.5, 0.6) is 0 Å². The van der Waals surface area contributed by atoms with E-state index in [0.717, 1.165) is 29.8 Å². The van der Waals surface area contributed by atoms with Crippen LogP contribution in [0.2, 0.25) is 0 Å². The first-order valence-electron chi connectivity index (χ1n) is 10.3. The van der Waals surface area contributed by atoms with Crippen LogP contribution in [-0.2, 0) is 0 Å². The van der Waals surface area contributed by atoms with E-state index in [0.29, 0.717) is 0 Å². The minimum absolute atomic E-state index is 0.944. The molecular formula is C20H36N2. The van der Waals surface area contributed by atoms with Crippen LogP contribution in [0.4, 0.5) is 0 Å². The predicted octanol–water partition coefficient (Wildman–Crippen LogP) is 4.15. The number of unbranched alkanes of at least 4 members (excludes halogenated alkanes) is 2. The molecule has 126 valence electrons. The van der Waals surface area contributed by atoms with E-state index in [4.69, 9.17) is 0 Å². The van der Waals surface area contributed by atoms with Crippen LogP contribution in [-0.4, -0.2) is 48.1 Å². The van der Waals surface area contributed by atoms with E-state index in [1.54, 1.807) is 6.42 Å². The van der Waals surface area contributed by atoms with Crippen LogP contribution in [0, 0.1) is 17.8 Å². The number of piperidine rings is 4. The largest absolute Gasteiger partial charge is 0.300 e. The van der Waals surface area contributed by atoms with Gasteiger partial charge in [0.05, 0.1) is 0 Å². The Balaban J connectivity index is 1.39. The SMILES string of the molecule is CCCCCC1CCN2C[C@@H]3C[C@@H](CN4CCCC[C@H]34)[C@@H]2C1. The van der Waals surface area contributed by atoms with Gasteiger partial charge in [-0.15, -0.1) is 0 Å². The normalized spacial score (nSPS) is 42.7. The Morgan fingerprint density at radius 2 is 1.64 bits per heavy atom. The van der Waals surface area contributed by atoms with Gasteiger partial charge in [-0.1, -0.05) is 39.0 Å². The van der Waals surface area contributed by atoms with Crippen LogP contribution in [0.25, 0.3) is 0 Å². The molecular weight excluding hydrogens is 268 g/mol. The van der Waals surface area contributed by atoms with E-state index in [1.165, 1.54) is 84.0 Å². The monoisotopic (exact) mass is 304 g/mol. The van der Waals surface area contributed by atoms with Gasteiger partial charge in [-0.05, 0) is 62.9 Å². The summed E-state index contributed by atoms with van der Waals surface area (Å²) in [4.78, 5) is 5.83. The second kappa shape index (κ2) is 6.81. The number of rotatable bonds is 4. The Hall–Kier alpha value is -0.0800. The summed E-state index contributed by atoms with van der Waals surface area (Å²) in [5.41, 5.74) is 0. The lowest BCUT2D eigenvalue weighted by atomic mass is 9.69. The molecule has 4 fully saturated rings. The van der Waals surface area contributed by atoms with Crippen molar-refractivity contribution in [3.8, 4) is 0 Å². The average molecular weight is 305 g/mol. The predicted molar refractivity (Wildman–Crippen MR) is 93.0 cm³/mol. The highest BCUT2D eigenvalue weighted by molar-refractivity contribution is 5.01.